The monoisotopic (exact) mass is 377 g/mol. The molecule has 1 fully saturated rings. The zero-order chi connectivity index (χ0) is 19.8. The van der Waals surface area contributed by atoms with Crippen LogP contribution in [0.5, 0.6) is 0 Å². The molecule has 9 heteroatoms. The first-order valence-corrected chi connectivity index (χ1v) is 8.62. The zero-order valence-electron chi connectivity index (χ0n) is 15.2. The second kappa shape index (κ2) is 9.67. The molecule has 0 radical (unpaired) electrons. The Morgan fingerprint density at radius 1 is 1.26 bits per heavy atom. The van der Waals surface area contributed by atoms with E-state index in [4.69, 9.17) is 9.57 Å². The molecule has 2 rings (SSSR count). The van der Waals surface area contributed by atoms with Crippen molar-refractivity contribution in [2.75, 3.05) is 6.61 Å². The third-order valence-electron chi connectivity index (χ3n) is 3.97. The largest absolute Gasteiger partial charge is 0.445 e. The van der Waals surface area contributed by atoms with Gasteiger partial charge < -0.3 is 15.4 Å². The van der Waals surface area contributed by atoms with Crippen LogP contribution in [-0.4, -0.2) is 42.4 Å². The molecule has 0 aliphatic carbocycles. The Balaban J connectivity index is 1.92. The lowest BCUT2D eigenvalue weighted by molar-refractivity contribution is -0.144. The molecule has 1 aromatic carbocycles. The highest BCUT2D eigenvalue weighted by atomic mass is 16.7. The Bertz CT molecular complexity index is 692. The molecule has 2 unspecified atom stereocenters. The molecule has 9 nitrogen and oxygen atoms in total. The summed E-state index contributed by atoms with van der Waals surface area (Å²) in [6.07, 6.45) is -0.604. The van der Waals surface area contributed by atoms with Crippen molar-refractivity contribution in [3.8, 4) is 0 Å². The summed E-state index contributed by atoms with van der Waals surface area (Å²) < 4.78 is 5.13. The predicted molar refractivity (Wildman–Crippen MR) is 94.0 cm³/mol. The van der Waals surface area contributed by atoms with Crippen LogP contribution in [-0.2, 0) is 30.6 Å². The average molecular weight is 377 g/mol. The Morgan fingerprint density at radius 3 is 2.63 bits per heavy atom. The number of hydroxylamine groups is 1. The highest BCUT2D eigenvalue weighted by molar-refractivity contribution is 6.38. The number of ether oxygens (including phenoxy) is 1. The van der Waals surface area contributed by atoms with Crippen molar-refractivity contribution >= 4 is 23.7 Å². The fourth-order valence-corrected chi connectivity index (χ4v) is 2.46. The molecular formula is C18H23N3O6. The number of hydrogen-bond acceptors (Lipinski definition) is 6. The molecular weight excluding hydrogens is 354 g/mol. The third-order valence-corrected chi connectivity index (χ3v) is 3.97. The van der Waals surface area contributed by atoms with Gasteiger partial charge in [0.2, 0.25) is 11.7 Å². The van der Waals surface area contributed by atoms with E-state index in [-0.39, 0.29) is 25.6 Å². The van der Waals surface area contributed by atoms with Crippen LogP contribution in [0.4, 0.5) is 4.79 Å². The van der Waals surface area contributed by atoms with Gasteiger partial charge in [-0.1, -0.05) is 44.2 Å². The van der Waals surface area contributed by atoms with Gasteiger partial charge in [0.05, 0.1) is 12.6 Å². The van der Waals surface area contributed by atoms with Crippen molar-refractivity contribution in [1.82, 2.24) is 16.1 Å². The molecule has 0 spiro atoms. The molecule has 2 atom stereocenters. The lowest BCUT2D eigenvalue weighted by Crippen LogP contribution is -2.54. The number of alkyl carbamates (subject to hydrolysis) is 1. The van der Waals surface area contributed by atoms with Gasteiger partial charge in [-0.25, -0.2) is 10.3 Å². The maximum Gasteiger partial charge on any atom is 0.408 e. The number of benzene rings is 1. The summed E-state index contributed by atoms with van der Waals surface area (Å²) in [6, 6.07) is 7.18. The van der Waals surface area contributed by atoms with E-state index < -0.39 is 35.8 Å². The molecule has 27 heavy (non-hydrogen) atoms. The zero-order valence-corrected chi connectivity index (χ0v) is 15.2. The van der Waals surface area contributed by atoms with Crippen LogP contribution in [0.2, 0.25) is 0 Å². The fraction of sp³-hybridized carbons (Fsp3) is 0.444. The van der Waals surface area contributed by atoms with Crippen molar-refractivity contribution in [3.05, 3.63) is 35.9 Å². The summed E-state index contributed by atoms with van der Waals surface area (Å²) in [7, 11) is 0. The Labute approximate surface area is 156 Å². The number of carbonyl (C=O) groups excluding carboxylic acids is 4. The molecule has 1 heterocycles. The Hall–Kier alpha value is -2.94. The van der Waals surface area contributed by atoms with Crippen LogP contribution < -0.4 is 16.1 Å². The van der Waals surface area contributed by atoms with Crippen LogP contribution in [0.25, 0.3) is 0 Å². The van der Waals surface area contributed by atoms with Gasteiger partial charge in [-0.2, -0.15) is 0 Å². The smallest absolute Gasteiger partial charge is 0.408 e. The first kappa shape index (κ1) is 20.4. The minimum Gasteiger partial charge on any atom is -0.445 e. The summed E-state index contributed by atoms with van der Waals surface area (Å²) in [4.78, 5) is 52.7. The predicted octanol–water partition coefficient (Wildman–Crippen LogP) is 0.443. The quantitative estimate of drug-likeness (QED) is 0.619. The molecule has 0 saturated carbocycles. The normalized spacial score (nSPS) is 18.3. The van der Waals surface area contributed by atoms with E-state index in [1.807, 2.05) is 35.8 Å². The molecule has 1 aliphatic rings. The summed E-state index contributed by atoms with van der Waals surface area (Å²) in [5, 5.41) is 5.00. The van der Waals surface area contributed by atoms with Crippen molar-refractivity contribution < 1.29 is 28.8 Å². The van der Waals surface area contributed by atoms with E-state index >= 15 is 0 Å². The van der Waals surface area contributed by atoms with Crippen molar-refractivity contribution in [2.45, 2.75) is 39.0 Å². The Kier molecular flexibility index (Phi) is 7.30. The minimum atomic E-state index is -1.01. The first-order chi connectivity index (χ1) is 12.9. The first-order valence-electron chi connectivity index (χ1n) is 8.62. The molecule has 1 aromatic rings. The second-order valence-corrected chi connectivity index (χ2v) is 6.42. The number of rotatable bonds is 6. The van der Waals surface area contributed by atoms with Crippen LogP contribution in [0, 0.1) is 5.92 Å². The minimum absolute atomic E-state index is 0.0672. The number of hydrogen-bond donors (Lipinski definition) is 3. The SMILES string of the molecule is CC(C)C(NC(=O)OCc1ccccc1)C(=O)NC1CCONC(=O)C1=O. The van der Waals surface area contributed by atoms with E-state index in [0.717, 1.165) is 5.56 Å². The molecule has 1 saturated heterocycles. The molecule has 3 amide bonds. The van der Waals surface area contributed by atoms with Crippen molar-refractivity contribution in [1.29, 1.82) is 0 Å². The number of amides is 3. The highest BCUT2D eigenvalue weighted by Crippen LogP contribution is 2.07. The van der Waals surface area contributed by atoms with Crippen LogP contribution in [0.1, 0.15) is 25.8 Å². The van der Waals surface area contributed by atoms with Crippen LogP contribution >= 0.6 is 0 Å². The summed E-state index contributed by atoms with van der Waals surface area (Å²) in [5.41, 5.74) is 2.80. The van der Waals surface area contributed by atoms with E-state index in [0.29, 0.717) is 0 Å². The maximum atomic E-state index is 12.5. The van der Waals surface area contributed by atoms with Gasteiger partial charge in [0.1, 0.15) is 12.6 Å². The number of ketones is 1. The number of carbonyl (C=O) groups is 4. The van der Waals surface area contributed by atoms with Gasteiger partial charge in [0, 0.05) is 6.42 Å². The molecule has 3 N–H and O–H groups in total. The Morgan fingerprint density at radius 2 is 1.96 bits per heavy atom. The van der Waals surface area contributed by atoms with E-state index in [1.54, 1.807) is 13.8 Å². The van der Waals surface area contributed by atoms with Crippen molar-refractivity contribution in [3.63, 3.8) is 0 Å². The van der Waals surface area contributed by atoms with Crippen LogP contribution in [0.15, 0.2) is 30.3 Å². The average Bonchev–Trinajstić information content (AvgIpc) is 2.80. The standard InChI is InChI=1S/C18H23N3O6/c1-11(2)14(20-18(25)26-10-12-6-4-3-5-7-12)16(23)19-13-8-9-27-21-17(24)15(13)22/h3-7,11,13-14H,8-10H2,1-2H3,(H,19,23)(H,20,25)(H,21,24). The summed E-state index contributed by atoms with van der Waals surface area (Å²) >= 11 is 0. The third kappa shape index (κ3) is 6.07. The lowest BCUT2D eigenvalue weighted by atomic mass is 10.0. The molecule has 146 valence electrons. The number of nitrogens with one attached hydrogen (secondary N) is 3. The van der Waals surface area contributed by atoms with Gasteiger partial charge >= 0.3 is 12.0 Å². The van der Waals surface area contributed by atoms with Gasteiger partial charge in [0.25, 0.3) is 0 Å². The fourth-order valence-electron chi connectivity index (χ4n) is 2.46. The molecule has 0 aromatic heterocycles. The molecule has 1 aliphatic heterocycles. The number of Topliss-reactive ketones (excluding diaryl/α,β-unsaturated/α-hetero) is 1. The summed E-state index contributed by atoms with van der Waals surface area (Å²) in [6.45, 7) is 3.64. The van der Waals surface area contributed by atoms with Gasteiger partial charge in [-0.15, -0.1) is 0 Å². The van der Waals surface area contributed by atoms with E-state index in [2.05, 4.69) is 10.6 Å². The van der Waals surface area contributed by atoms with Gasteiger partial charge in [-0.3, -0.25) is 19.2 Å². The maximum absolute atomic E-state index is 12.5. The second-order valence-electron chi connectivity index (χ2n) is 6.42. The topological polar surface area (TPSA) is 123 Å². The highest BCUT2D eigenvalue weighted by Gasteiger charge is 2.33. The molecule has 0 bridgehead atoms. The lowest BCUT2D eigenvalue weighted by Gasteiger charge is -2.23. The van der Waals surface area contributed by atoms with Crippen molar-refractivity contribution in [2.24, 2.45) is 5.92 Å². The van der Waals surface area contributed by atoms with Gasteiger partial charge in [-0.05, 0) is 11.5 Å². The van der Waals surface area contributed by atoms with E-state index in [1.165, 1.54) is 0 Å². The summed E-state index contributed by atoms with van der Waals surface area (Å²) in [5.74, 6) is -2.56. The van der Waals surface area contributed by atoms with Crippen LogP contribution in [0.3, 0.4) is 0 Å². The van der Waals surface area contributed by atoms with E-state index in [9.17, 15) is 19.2 Å². The van der Waals surface area contributed by atoms with Gasteiger partial charge in [0.15, 0.2) is 0 Å².